The molecule has 3 N–H and O–H groups in total. The summed E-state index contributed by atoms with van der Waals surface area (Å²) >= 11 is 0. The van der Waals surface area contributed by atoms with E-state index in [1.807, 2.05) is 24.3 Å². The van der Waals surface area contributed by atoms with Crippen molar-refractivity contribution in [3.8, 4) is 5.75 Å². The lowest BCUT2D eigenvalue weighted by Crippen LogP contribution is -2.37. The minimum absolute atomic E-state index is 0.0496. The lowest BCUT2D eigenvalue weighted by molar-refractivity contribution is -0.0497. The first kappa shape index (κ1) is 14.2. The number of ether oxygens (including phenoxy) is 1. The maximum absolute atomic E-state index is 13.2. The summed E-state index contributed by atoms with van der Waals surface area (Å²) in [6.07, 6.45) is 0.889. The average Bonchev–Trinajstić information content (AvgIpc) is 2.42. The molecule has 5 heteroatoms. The molecule has 0 spiro atoms. The van der Waals surface area contributed by atoms with Crippen LogP contribution in [-0.2, 0) is 0 Å². The molecule has 19 heavy (non-hydrogen) atoms. The van der Waals surface area contributed by atoms with Gasteiger partial charge in [0.05, 0.1) is 7.11 Å². The Morgan fingerprint density at radius 3 is 2.32 bits per heavy atom. The summed E-state index contributed by atoms with van der Waals surface area (Å²) in [5.41, 5.74) is 3.78. The van der Waals surface area contributed by atoms with Gasteiger partial charge in [0.25, 0.3) is 0 Å². The Bertz CT molecular complexity index is 398. The first-order chi connectivity index (χ1) is 9.05. The zero-order valence-electron chi connectivity index (χ0n) is 11.0. The number of rotatable bonds is 4. The number of nitrogens with one attached hydrogen (secondary N) is 1. The highest BCUT2D eigenvalue weighted by Gasteiger charge is 2.37. The van der Waals surface area contributed by atoms with Crippen molar-refractivity contribution < 1.29 is 13.5 Å². The minimum atomic E-state index is -2.50. The molecule has 0 aliphatic heterocycles. The molecule has 1 unspecified atom stereocenters. The molecule has 0 aromatic heterocycles. The molecule has 106 valence electrons. The number of hydrogen-bond acceptors (Lipinski definition) is 3. The molecule has 1 aromatic carbocycles. The second-order valence-electron chi connectivity index (χ2n) is 5.11. The fourth-order valence-corrected chi connectivity index (χ4v) is 2.71. The fourth-order valence-electron chi connectivity index (χ4n) is 2.71. The van der Waals surface area contributed by atoms with Gasteiger partial charge in [0.1, 0.15) is 5.75 Å². The zero-order chi connectivity index (χ0) is 13.9. The Labute approximate surface area is 112 Å². The molecule has 0 heterocycles. The van der Waals surface area contributed by atoms with Gasteiger partial charge >= 0.3 is 0 Å². The number of halogens is 2. The third-order valence-corrected chi connectivity index (χ3v) is 3.89. The number of hydrazine groups is 1. The maximum Gasteiger partial charge on any atom is 0.248 e. The van der Waals surface area contributed by atoms with E-state index in [0.29, 0.717) is 12.8 Å². The van der Waals surface area contributed by atoms with Gasteiger partial charge in [-0.3, -0.25) is 11.3 Å². The van der Waals surface area contributed by atoms with Crippen molar-refractivity contribution in [2.75, 3.05) is 7.11 Å². The zero-order valence-corrected chi connectivity index (χ0v) is 11.0. The Morgan fingerprint density at radius 1 is 1.26 bits per heavy atom. The van der Waals surface area contributed by atoms with Crippen LogP contribution in [0.15, 0.2) is 24.3 Å². The largest absolute Gasteiger partial charge is 0.497 e. The van der Waals surface area contributed by atoms with Crippen LogP contribution < -0.4 is 16.0 Å². The van der Waals surface area contributed by atoms with Gasteiger partial charge in [0, 0.05) is 18.9 Å². The molecule has 1 aromatic rings. The molecular formula is C14H20F2N2O. The number of hydrogen-bond donors (Lipinski definition) is 2. The van der Waals surface area contributed by atoms with Gasteiger partial charge < -0.3 is 4.74 Å². The molecular weight excluding hydrogens is 250 g/mol. The molecule has 3 nitrogen and oxygen atoms in total. The fraction of sp³-hybridized carbons (Fsp3) is 0.571. The summed E-state index contributed by atoms with van der Waals surface area (Å²) in [7, 11) is 1.61. The molecule has 0 radical (unpaired) electrons. The van der Waals surface area contributed by atoms with E-state index in [1.165, 1.54) is 0 Å². The Balaban J connectivity index is 2.07. The molecule has 1 aliphatic carbocycles. The van der Waals surface area contributed by atoms with Crippen molar-refractivity contribution in [2.45, 2.75) is 37.6 Å². The highest BCUT2D eigenvalue weighted by molar-refractivity contribution is 5.29. The summed E-state index contributed by atoms with van der Waals surface area (Å²) < 4.78 is 31.5. The van der Waals surface area contributed by atoms with E-state index in [0.717, 1.165) is 11.3 Å². The average molecular weight is 270 g/mol. The van der Waals surface area contributed by atoms with Crippen LogP contribution >= 0.6 is 0 Å². The lowest BCUT2D eigenvalue weighted by Gasteiger charge is -2.33. The van der Waals surface area contributed by atoms with Crippen molar-refractivity contribution in [2.24, 2.45) is 11.8 Å². The summed E-state index contributed by atoms with van der Waals surface area (Å²) in [5.74, 6) is 4.02. The van der Waals surface area contributed by atoms with Crippen molar-refractivity contribution in [1.29, 1.82) is 0 Å². The molecule has 1 fully saturated rings. The minimum Gasteiger partial charge on any atom is -0.497 e. The van der Waals surface area contributed by atoms with Crippen LogP contribution in [0, 0.1) is 5.92 Å². The highest BCUT2D eigenvalue weighted by atomic mass is 19.3. The Morgan fingerprint density at radius 2 is 1.84 bits per heavy atom. The maximum atomic E-state index is 13.2. The van der Waals surface area contributed by atoms with Gasteiger partial charge in [0.2, 0.25) is 5.92 Å². The third kappa shape index (κ3) is 3.42. The summed E-state index contributed by atoms with van der Waals surface area (Å²) in [6.45, 7) is 0. The molecule has 0 bridgehead atoms. The van der Waals surface area contributed by atoms with E-state index in [1.54, 1.807) is 7.11 Å². The Kier molecular flexibility index (Phi) is 4.37. The second kappa shape index (κ2) is 5.84. The summed E-state index contributed by atoms with van der Waals surface area (Å²) in [5, 5.41) is 0. The van der Waals surface area contributed by atoms with Crippen molar-refractivity contribution in [1.82, 2.24) is 5.43 Å². The third-order valence-electron chi connectivity index (χ3n) is 3.89. The first-order valence-corrected chi connectivity index (χ1v) is 6.53. The first-order valence-electron chi connectivity index (χ1n) is 6.53. The van der Waals surface area contributed by atoms with Crippen LogP contribution in [0.25, 0.3) is 0 Å². The number of benzene rings is 1. The van der Waals surface area contributed by atoms with Crippen molar-refractivity contribution >= 4 is 0 Å². The van der Waals surface area contributed by atoms with Crippen LogP contribution in [-0.4, -0.2) is 13.0 Å². The van der Waals surface area contributed by atoms with Crippen molar-refractivity contribution in [3.05, 3.63) is 29.8 Å². The van der Waals surface area contributed by atoms with Crippen molar-refractivity contribution in [3.63, 3.8) is 0 Å². The number of methoxy groups -OCH3 is 1. The van der Waals surface area contributed by atoms with E-state index in [2.05, 4.69) is 5.43 Å². The van der Waals surface area contributed by atoms with Gasteiger partial charge in [0.15, 0.2) is 0 Å². The van der Waals surface area contributed by atoms with Crippen LogP contribution in [0.3, 0.4) is 0 Å². The molecule has 0 amide bonds. The van der Waals surface area contributed by atoms with Crippen LogP contribution in [0.4, 0.5) is 8.78 Å². The van der Waals surface area contributed by atoms with Crippen LogP contribution in [0.1, 0.15) is 37.3 Å². The van der Waals surface area contributed by atoms with E-state index in [9.17, 15) is 8.78 Å². The second-order valence-corrected chi connectivity index (χ2v) is 5.11. The molecule has 1 atom stereocenters. The summed E-state index contributed by atoms with van der Waals surface area (Å²) in [4.78, 5) is 0. The smallest absolute Gasteiger partial charge is 0.248 e. The van der Waals surface area contributed by atoms with Gasteiger partial charge in [-0.25, -0.2) is 8.78 Å². The topological polar surface area (TPSA) is 47.3 Å². The van der Waals surface area contributed by atoms with Gasteiger partial charge in [-0.1, -0.05) is 12.1 Å². The van der Waals surface area contributed by atoms with E-state index in [4.69, 9.17) is 10.6 Å². The number of alkyl halides is 2. The van der Waals surface area contributed by atoms with E-state index in [-0.39, 0.29) is 24.8 Å². The lowest BCUT2D eigenvalue weighted by atomic mass is 9.80. The van der Waals surface area contributed by atoms with Gasteiger partial charge in [-0.15, -0.1) is 0 Å². The molecule has 1 aliphatic rings. The highest BCUT2D eigenvalue weighted by Crippen LogP contribution is 2.41. The van der Waals surface area contributed by atoms with E-state index < -0.39 is 5.92 Å². The van der Waals surface area contributed by atoms with Gasteiger partial charge in [-0.2, -0.15) is 0 Å². The standard InChI is InChI=1S/C14H20F2N2O/c1-19-12-4-2-10(3-5-12)13(18-17)11-6-8-14(15,16)9-7-11/h2-5,11,13,18H,6-9,17H2,1H3. The normalized spacial score (nSPS) is 21.1. The number of nitrogens with two attached hydrogens (primary N) is 1. The predicted molar refractivity (Wildman–Crippen MR) is 70.0 cm³/mol. The molecule has 1 saturated carbocycles. The molecule has 2 rings (SSSR count). The van der Waals surface area contributed by atoms with Crippen LogP contribution in [0.5, 0.6) is 5.75 Å². The predicted octanol–water partition coefficient (Wildman–Crippen LogP) is 3.03. The van der Waals surface area contributed by atoms with Gasteiger partial charge in [-0.05, 0) is 36.5 Å². The Hall–Kier alpha value is -1.20. The molecule has 0 saturated heterocycles. The van der Waals surface area contributed by atoms with Crippen LogP contribution in [0.2, 0.25) is 0 Å². The summed E-state index contributed by atoms with van der Waals surface area (Å²) in [6, 6.07) is 7.49. The quantitative estimate of drug-likeness (QED) is 0.653. The SMILES string of the molecule is COc1ccc(C(NN)C2CCC(F)(F)CC2)cc1. The van der Waals surface area contributed by atoms with E-state index >= 15 is 0 Å². The monoisotopic (exact) mass is 270 g/mol.